The van der Waals surface area contributed by atoms with Gasteiger partial charge in [0.1, 0.15) is 23.0 Å². The summed E-state index contributed by atoms with van der Waals surface area (Å²) in [6, 6.07) is 125. The molecule has 0 bridgehead atoms. The van der Waals surface area contributed by atoms with E-state index in [1.54, 1.807) is 12.4 Å². The third-order valence-electron chi connectivity index (χ3n) is 21.2. The molecule has 7 heterocycles. The highest BCUT2D eigenvalue weighted by Gasteiger charge is 2.52. The Morgan fingerprint density at radius 3 is 1.01 bits per heavy atom. The number of ether oxygens (including phenoxy) is 2. The first-order valence-corrected chi connectivity index (χ1v) is 37.7. The molecule has 1 fully saturated rings. The van der Waals surface area contributed by atoms with Crippen molar-refractivity contribution in [2.45, 2.75) is 49.7 Å². The number of benzene rings is 12. The fraction of sp³-hybridized carbons (Fsp3) is 0.0816. The molecule has 12 aromatic carbocycles. The Morgan fingerprint density at radius 2 is 0.600 bits per heavy atom. The molecule has 3 aliphatic rings. The van der Waals surface area contributed by atoms with Crippen molar-refractivity contribution in [3.8, 4) is 102 Å². The van der Waals surface area contributed by atoms with Crippen LogP contribution < -0.4 is 14.9 Å². The minimum absolute atomic E-state index is 0.375. The van der Waals surface area contributed by atoms with Crippen LogP contribution in [0, 0.1) is 0 Å². The molecule has 0 atom stereocenters. The van der Waals surface area contributed by atoms with Gasteiger partial charge in [-0.05, 0) is 145 Å². The molecule has 0 saturated carbocycles. The summed E-state index contributed by atoms with van der Waals surface area (Å²) in [5, 5.41) is 0. The molecule has 1 saturated heterocycles. The standard InChI is InChI=1S/C46H31N3O.C31H29BO3.C21H14BrN3/c1-3-14-33(15-4-1)45-48-41(31-42(49-45)40-22-11-12-29-47-40)35-17-13-16-34(30-35)32-25-27-37(28-26-32)46(36-18-5-2-6-19-36)38-20-7-9-23-43(38)50-44-24-10-8-21-39(44)46;1-29(2)30(3,4)35-32(34-29)24-20-18-23(19-21-24)31(22-12-6-5-7-13-22)25-14-8-10-16-27(25)33-28-17-11-9-15-26(28)31;22-17-10-6-9-16(13-17)19-14-20(18-11-4-5-12-23-18)25-21(24-19)15-7-2-1-3-8-15/h1-31H;5-21H,1-4H3;1-14H. The van der Waals surface area contributed by atoms with Crippen LogP contribution in [0.5, 0.6) is 23.0 Å². The van der Waals surface area contributed by atoms with Crippen LogP contribution in [0.15, 0.2) is 381 Å². The summed E-state index contributed by atoms with van der Waals surface area (Å²) in [4.78, 5) is 28.5. The van der Waals surface area contributed by atoms with Crippen molar-refractivity contribution in [3.05, 3.63) is 425 Å². The molecule has 19 rings (SSSR count). The minimum Gasteiger partial charge on any atom is -0.457 e. The number of aromatic nitrogens is 6. The Balaban J connectivity index is 0.000000128. The Morgan fingerprint density at radius 1 is 0.264 bits per heavy atom. The Kier molecular flexibility index (Phi) is 19.2. The zero-order chi connectivity index (χ0) is 74.7. The second-order valence-corrected chi connectivity index (χ2v) is 29.3. The van der Waals surface area contributed by atoms with E-state index in [-0.39, 0.29) is 11.2 Å². The van der Waals surface area contributed by atoms with E-state index in [1.165, 1.54) is 22.3 Å². The molecule has 4 aromatic heterocycles. The fourth-order valence-electron chi connectivity index (χ4n) is 15.1. The third kappa shape index (κ3) is 13.5. The van der Waals surface area contributed by atoms with Gasteiger partial charge in [-0.15, -0.1) is 0 Å². The van der Waals surface area contributed by atoms with Crippen LogP contribution in [0.2, 0.25) is 0 Å². The number of fused-ring (bicyclic) bond motifs is 4. The van der Waals surface area contributed by atoms with Gasteiger partial charge in [0, 0.05) is 61.4 Å². The zero-order valence-corrected chi connectivity index (χ0v) is 62.7. The quantitative estimate of drug-likeness (QED) is 0.110. The van der Waals surface area contributed by atoms with Crippen LogP contribution in [-0.4, -0.2) is 48.2 Å². The first kappa shape index (κ1) is 70.2. The molecular weight excluding hydrogens is 1420 g/mol. The average Bonchev–Trinajstić information content (AvgIpc) is 0.719. The van der Waals surface area contributed by atoms with Crippen LogP contribution >= 0.6 is 15.9 Å². The Hall–Kier alpha value is -12.8. The molecule has 16 aromatic rings. The lowest BCUT2D eigenvalue weighted by Crippen LogP contribution is -2.41. The topological polar surface area (TPSA) is 114 Å². The van der Waals surface area contributed by atoms with E-state index in [4.69, 9.17) is 38.7 Å². The van der Waals surface area contributed by atoms with Crippen LogP contribution in [0.4, 0.5) is 0 Å². The summed E-state index contributed by atoms with van der Waals surface area (Å²) in [6.45, 7) is 8.34. The second kappa shape index (κ2) is 30.1. The lowest BCUT2D eigenvalue weighted by Gasteiger charge is -2.41. The predicted octanol–water partition coefficient (Wildman–Crippen LogP) is 23.1. The number of rotatable bonds is 12. The maximum Gasteiger partial charge on any atom is 0.494 e. The summed E-state index contributed by atoms with van der Waals surface area (Å²) < 4.78 is 26.5. The van der Waals surface area contributed by atoms with Gasteiger partial charge in [-0.3, -0.25) is 9.97 Å². The van der Waals surface area contributed by atoms with Gasteiger partial charge in [-0.25, -0.2) is 19.9 Å². The number of nitrogens with zero attached hydrogens (tertiary/aromatic N) is 6. The highest BCUT2D eigenvalue weighted by atomic mass is 79.9. The van der Waals surface area contributed by atoms with E-state index in [0.29, 0.717) is 11.6 Å². The second-order valence-electron chi connectivity index (χ2n) is 28.4. The number of hydrogen-bond acceptors (Lipinski definition) is 10. The molecule has 530 valence electrons. The van der Waals surface area contributed by atoms with Gasteiger partial charge in [0.2, 0.25) is 0 Å². The number of pyridine rings is 2. The molecule has 0 radical (unpaired) electrons. The molecule has 10 nitrogen and oxygen atoms in total. The van der Waals surface area contributed by atoms with Gasteiger partial charge < -0.3 is 18.8 Å². The lowest BCUT2D eigenvalue weighted by molar-refractivity contribution is 0.00578. The maximum absolute atomic E-state index is 6.48. The Labute approximate surface area is 650 Å². The number of hydrogen-bond donors (Lipinski definition) is 0. The van der Waals surface area contributed by atoms with Crippen LogP contribution in [0.25, 0.3) is 79.2 Å². The highest BCUT2D eigenvalue weighted by Crippen LogP contribution is 2.57. The van der Waals surface area contributed by atoms with Crippen LogP contribution in [0.3, 0.4) is 0 Å². The fourth-order valence-corrected chi connectivity index (χ4v) is 15.5. The molecular formula is C98H74BBrN6O4. The minimum atomic E-state index is -0.552. The van der Waals surface area contributed by atoms with Crippen molar-refractivity contribution >= 4 is 28.5 Å². The van der Waals surface area contributed by atoms with Gasteiger partial charge in [-0.1, -0.05) is 301 Å². The molecule has 110 heavy (non-hydrogen) atoms. The molecule has 0 N–H and O–H groups in total. The summed E-state index contributed by atoms with van der Waals surface area (Å²) in [5.74, 6) is 4.86. The van der Waals surface area contributed by atoms with E-state index in [9.17, 15) is 0 Å². The normalized spacial score (nSPS) is 14.2. The third-order valence-corrected chi connectivity index (χ3v) is 21.7. The van der Waals surface area contributed by atoms with Crippen molar-refractivity contribution < 1.29 is 18.8 Å². The van der Waals surface area contributed by atoms with E-state index in [1.807, 2.05) is 152 Å². The molecule has 12 heteroatoms. The summed E-state index contributed by atoms with van der Waals surface area (Å²) in [6.07, 6.45) is 3.57. The smallest absolute Gasteiger partial charge is 0.457 e. The Bertz CT molecular complexity index is 5720. The molecule has 0 aliphatic carbocycles. The lowest BCUT2D eigenvalue weighted by atomic mass is 9.63. The van der Waals surface area contributed by atoms with E-state index < -0.39 is 17.9 Å². The van der Waals surface area contributed by atoms with Crippen molar-refractivity contribution in [3.63, 3.8) is 0 Å². The first-order valence-electron chi connectivity index (χ1n) is 36.9. The van der Waals surface area contributed by atoms with Gasteiger partial charge in [0.15, 0.2) is 11.6 Å². The van der Waals surface area contributed by atoms with Gasteiger partial charge >= 0.3 is 7.12 Å². The largest absolute Gasteiger partial charge is 0.494 e. The SMILES string of the molecule is Brc1cccc(-c2cc(-c3ccccn3)nc(-c3ccccc3)n2)c1.CC1(C)OB(c2ccc(C3(c4ccccc4)c4ccccc4Oc4ccccc43)cc2)OC1(C)C.c1ccc(-c2nc(-c3cccc(-c4ccc(C5(c6ccccc6)c6ccccc6Oc6ccccc65)cc4)c3)cc(-c3ccccn3)n2)cc1. The average molecular weight is 1490 g/mol. The van der Waals surface area contributed by atoms with Gasteiger partial charge in [0.25, 0.3) is 0 Å². The van der Waals surface area contributed by atoms with Crippen LogP contribution in [-0.2, 0) is 20.1 Å². The monoisotopic (exact) mass is 1490 g/mol. The highest BCUT2D eigenvalue weighted by molar-refractivity contribution is 9.10. The van der Waals surface area contributed by atoms with E-state index in [2.05, 4.69) is 266 Å². The van der Waals surface area contributed by atoms with E-state index >= 15 is 0 Å². The molecule has 0 amide bonds. The van der Waals surface area contributed by atoms with Gasteiger partial charge in [-0.2, -0.15) is 0 Å². The predicted molar refractivity (Wildman–Crippen MR) is 444 cm³/mol. The number of halogens is 1. The number of para-hydroxylation sites is 4. The van der Waals surface area contributed by atoms with Crippen molar-refractivity contribution in [1.29, 1.82) is 0 Å². The summed E-state index contributed by atoms with van der Waals surface area (Å²) in [5.41, 5.74) is 19.6. The molecule has 0 unspecified atom stereocenters. The van der Waals surface area contributed by atoms with Crippen molar-refractivity contribution in [2.24, 2.45) is 0 Å². The van der Waals surface area contributed by atoms with Crippen LogP contribution in [0.1, 0.15) is 72.2 Å². The summed E-state index contributed by atoms with van der Waals surface area (Å²) in [7, 11) is -0.393. The molecule has 0 spiro atoms. The zero-order valence-electron chi connectivity index (χ0n) is 61.1. The van der Waals surface area contributed by atoms with Crippen molar-refractivity contribution in [1.82, 2.24) is 29.9 Å². The van der Waals surface area contributed by atoms with Gasteiger partial charge in [0.05, 0.1) is 56.2 Å². The van der Waals surface area contributed by atoms with Crippen molar-refractivity contribution in [2.75, 3.05) is 0 Å². The summed E-state index contributed by atoms with van der Waals surface area (Å²) >= 11 is 3.53. The maximum atomic E-state index is 6.48. The molecule has 3 aliphatic heterocycles. The van der Waals surface area contributed by atoms with E-state index in [0.717, 1.165) is 123 Å². The first-order chi connectivity index (χ1) is 53.9.